The predicted octanol–water partition coefficient (Wildman–Crippen LogP) is 4.07. The minimum absolute atomic E-state index is 0.319. The van der Waals surface area contributed by atoms with Gasteiger partial charge in [-0.1, -0.05) is 43.2 Å². The first-order valence-electron chi connectivity index (χ1n) is 7.63. The first-order chi connectivity index (χ1) is 9.16. The molecule has 1 saturated carbocycles. The summed E-state index contributed by atoms with van der Waals surface area (Å²) in [6.45, 7) is 6.51. The van der Waals surface area contributed by atoms with E-state index in [0.29, 0.717) is 24.3 Å². The zero-order chi connectivity index (χ0) is 13.7. The van der Waals surface area contributed by atoms with Crippen molar-refractivity contribution in [3.05, 3.63) is 35.9 Å². The standard InChI is InChI=1S/C17H27NO/c1-13(2)19-17-12-8-7-11-16(17)18-14(3)15-9-5-4-6-10-15/h4-6,9-10,13-14,16-18H,7-8,11-12H2,1-3H3/t14-,16-,17+/m0/s1. The summed E-state index contributed by atoms with van der Waals surface area (Å²) in [4.78, 5) is 0. The molecule has 0 unspecified atom stereocenters. The van der Waals surface area contributed by atoms with Crippen LogP contribution in [0.5, 0.6) is 0 Å². The summed E-state index contributed by atoms with van der Waals surface area (Å²) in [5, 5.41) is 3.77. The van der Waals surface area contributed by atoms with Gasteiger partial charge in [0.15, 0.2) is 0 Å². The third-order valence-electron chi connectivity index (χ3n) is 3.91. The van der Waals surface area contributed by atoms with Gasteiger partial charge in [0.05, 0.1) is 12.2 Å². The fourth-order valence-corrected chi connectivity index (χ4v) is 2.96. The quantitative estimate of drug-likeness (QED) is 0.862. The fourth-order valence-electron chi connectivity index (χ4n) is 2.96. The Balaban J connectivity index is 1.95. The molecule has 3 atom stereocenters. The number of benzene rings is 1. The number of ether oxygens (including phenoxy) is 1. The van der Waals surface area contributed by atoms with Crippen LogP contribution in [-0.2, 0) is 4.74 Å². The lowest BCUT2D eigenvalue weighted by Crippen LogP contribution is -2.45. The van der Waals surface area contributed by atoms with Gasteiger partial charge in [0.25, 0.3) is 0 Å². The van der Waals surface area contributed by atoms with Crippen LogP contribution in [0.3, 0.4) is 0 Å². The topological polar surface area (TPSA) is 21.3 Å². The highest BCUT2D eigenvalue weighted by atomic mass is 16.5. The first-order valence-corrected chi connectivity index (χ1v) is 7.63. The van der Waals surface area contributed by atoms with Crippen molar-refractivity contribution in [2.24, 2.45) is 0 Å². The predicted molar refractivity (Wildman–Crippen MR) is 80.3 cm³/mol. The van der Waals surface area contributed by atoms with Crippen molar-refractivity contribution < 1.29 is 4.74 Å². The van der Waals surface area contributed by atoms with Crippen LogP contribution in [0.15, 0.2) is 30.3 Å². The van der Waals surface area contributed by atoms with E-state index in [-0.39, 0.29) is 0 Å². The van der Waals surface area contributed by atoms with E-state index < -0.39 is 0 Å². The molecule has 0 radical (unpaired) electrons. The summed E-state index contributed by atoms with van der Waals surface area (Å²) in [6, 6.07) is 11.6. The lowest BCUT2D eigenvalue weighted by atomic mass is 9.91. The van der Waals surface area contributed by atoms with Crippen LogP contribution in [0.4, 0.5) is 0 Å². The summed E-state index contributed by atoms with van der Waals surface area (Å²) >= 11 is 0. The smallest absolute Gasteiger partial charge is 0.0731 e. The Bertz CT molecular complexity index is 363. The molecule has 0 heterocycles. The molecule has 1 aromatic carbocycles. The highest BCUT2D eigenvalue weighted by molar-refractivity contribution is 5.18. The summed E-state index contributed by atoms with van der Waals surface area (Å²) < 4.78 is 6.08. The summed E-state index contributed by atoms with van der Waals surface area (Å²) in [5.74, 6) is 0. The monoisotopic (exact) mass is 261 g/mol. The van der Waals surface area contributed by atoms with Crippen LogP contribution in [0, 0.1) is 0 Å². The fraction of sp³-hybridized carbons (Fsp3) is 0.647. The molecule has 1 N–H and O–H groups in total. The summed E-state index contributed by atoms with van der Waals surface area (Å²) in [5.41, 5.74) is 1.36. The molecule has 106 valence electrons. The van der Waals surface area contributed by atoms with E-state index in [1.54, 1.807) is 0 Å². The minimum atomic E-state index is 0.319. The Morgan fingerprint density at radius 1 is 1.05 bits per heavy atom. The van der Waals surface area contributed by atoms with E-state index in [2.05, 4.69) is 56.4 Å². The first kappa shape index (κ1) is 14.5. The molecule has 0 bridgehead atoms. The molecule has 2 rings (SSSR count). The van der Waals surface area contributed by atoms with Crippen molar-refractivity contribution in [3.63, 3.8) is 0 Å². The maximum absolute atomic E-state index is 6.08. The van der Waals surface area contributed by atoms with Gasteiger partial charge in [-0.15, -0.1) is 0 Å². The van der Waals surface area contributed by atoms with Gasteiger partial charge in [-0.05, 0) is 39.2 Å². The van der Waals surface area contributed by atoms with Crippen molar-refractivity contribution in [2.75, 3.05) is 0 Å². The number of hydrogen-bond donors (Lipinski definition) is 1. The Kier molecular flexibility index (Phi) is 5.41. The lowest BCUT2D eigenvalue weighted by molar-refractivity contribution is -0.0328. The number of nitrogens with one attached hydrogen (secondary N) is 1. The maximum atomic E-state index is 6.08. The van der Waals surface area contributed by atoms with E-state index in [1.165, 1.54) is 31.2 Å². The van der Waals surface area contributed by atoms with Crippen molar-refractivity contribution in [1.29, 1.82) is 0 Å². The van der Waals surface area contributed by atoms with Gasteiger partial charge in [0.2, 0.25) is 0 Å². The van der Waals surface area contributed by atoms with Gasteiger partial charge in [-0.3, -0.25) is 0 Å². The Morgan fingerprint density at radius 3 is 2.42 bits per heavy atom. The SMILES string of the molecule is CC(C)O[C@@H]1CCCC[C@@H]1N[C@@H](C)c1ccccc1. The van der Waals surface area contributed by atoms with Crippen LogP contribution in [0.1, 0.15) is 58.1 Å². The van der Waals surface area contributed by atoms with E-state index in [0.717, 1.165) is 0 Å². The van der Waals surface area contributed by atoms with Crippen molar-refractivity contribution in [3.8, 4) is 0 Å². The molecule has 0 aliphatic heterocycles. The largest absolute Gasteiger partial charge is 0.374 e. The van der Waals surface area contributed by atoms with E-state index in [9.17, 15) is 0 Å². The van der Waals surface area contributed by atoms with Crippen LogP contribution in [0.2, 0.25) is 0 Å². The Hall–Kier alpha value is -0.860. The zero-order valence-corrected chi connectivity index (χ0v) is 12.4. The molecule has 1 aliphatic rings. The second kappa shape index (κ2) is 7.06. The lowest BCUT2D eigenvalue weighted by Gasteiger charge is -2.35. The van der Waals surface area contributed by atoms with Crippen LogP contribution < -0.4 is 5.32 Å². The van der Waals surface area contributed by atoms with E-state index in [4.69, 9.17) is 4.74 Å². The van der Waals surface area contributed by atoms with Crippen molar-refractivity contribution in [2.45, 2.75) is 70.7 Å². The van der Waals surface area contributed by atoms with Gasteiger partial charge < -0.3 is 10.1 Å². The number of rotatable bonds is 5. The summed E-state index contributed by atoms with van der Waals surface area (Å²) in [7, 11) is 0. The molecule has 19 heavy (non-hydrogen) atoms. The molecule has 1 aromatic rings. The van der Waals surface area contributed by atoms with E-state index in [1.807, 2.05) is 0 Å². The van der Waals surface area contributed by atoms with Crippen LogP contribution in [-0.4, -0.2) is 18.2 Å². The molecule has 0 spiro atoms. The number of hydrogen-bond acceptors (Lipinski definition) is 2. The van der Waals surface area contributed by atoms with Crippen LogP contribution in [0.25, 0.3) is 0 Å². The molecule has 0 amide bonds. The van der Waals surface area contributed by atoms with E-state index >= 15 is 0 Å². The average molecular weight is 261 g/mol. The molecular weight excluding hydrogens is 234 g/mol. The molecule has 2 nitrogen and oxygen atoms in total. The average Bonchev–Trinajstić information content (AvgIpc) is 2.41. The van der Waals surface area contributed by atoms with Gasteiger partial charge in [0, 0.05) is 12.1 Å². The molecule has 0 saturated heterocycles. The van der Waals surface area contributed by atoms with Gasteiger partial charge in [0.1, 0.15) is 0 Å². The molecule has 2 heteroatoms. The summed E-state index contributed by atoms with van der Waals surface area (Å²) in [6.07, 6.45) is 5.73. The van der Waals surface area contributed by atoms with Gasteiger partial charge in [-0.25, -0.2) is 0 Å². The maximum Gasteiger partial charge on any atom is 0.0731 e. The van der Waals surface area contributed by atoms with Crippen LogP contribution >= 0.6 is 0 Å². The second-order valence-electron chi connectivity index (χ2n) is 5.91. The molecule has 1 aliphatic carbocycles. The van der Waals surface area contributed by atoms with Gasteiger partial charge >= 0.3 is 0 Å². The zero-order valence-electron chi connectivity index (χ0n) is 12.4. The minimum Gasteiger partial charge on any atom is -0.374 e. The highest BCUT2D eigenvalue weighted by Gasteiger charge is 2.27. The van der Waals surface area contributed by atoms with Gasteiger partial charge in [-0.2, -0.15) is 0 Å². The molecule has 0 aromatic heterocycles. The molecular formula is C17H27NO. The third-order valence-corrected chi connectivity index (χ3v) is 3.91. The van der Waals surface area contributed by atoms with Crippen molar-refractivity contribution in [1.82, 2.24) is 5.32 Å². The van der Waals surface area contributed by atoms with Crippen molar-refractivity contribution >= 4 is 0 Å². The third kappa shape index (κ3) is 4.32. The Labute approximate surface area is 117 Å². The Morgan fingerprint density at radius 2 is 1.74 bits per heavy atom. The second-order valence-corrected chi connectivity index (χ2v) is 5.91. The highest BCUT2D eigenvalue weighted by Crippen LogP contribution is 2.25. The molecule has 1 fully saturated rings. The normalized spacial score (nSPS) is 25.5.